The molecule has 8 nitrogen and oxygen atoms in total. The maximum Gasteiger partial charge on any atom is 0.410 e. The van der Waals surface area contributed by atoms with Crippen LogP contribution in [0.5, 0.6) is 0 Å². The summed E-state index contributed by atoms with van der Waals surface area (Å²) in [6, 6.07) is -0.118. The Hall–Kier alpha value is -2.38. The fourth-order valence-corrected chi connectivity index (χ4v) is 4.02. The molecule has 0 aromatic carbocycles. The third kappa shape index (κ3) is 3.32. The molecule has 0 bridgehead atoms. The summed E-state index contributed by atoms with van der Waals surface area (Å²) < 4.78 is 5.04. The standard InChI is InChI=1S/C18H25N5O3/c1-12-14-4-2-3-5-15(14)21-16(20-12)6-7-19-17(24)22-8-9-23-13(10-22)11-26-18(23)25/h13H,2-11H2,1H3,(H,19,24)/t13-/m0/s1. The van der Waals surface area contributed by atoms with Crippen LogP contribution in [0.4, 0.5) is 9.59 Å². The molecule has 1 aromatic heterocycles. The van der Waals surface area contributed by atoms with E-state index in [4.69, 9.17) is 9.72 Å². The van der Waals surface area contributed by atoms with Crippen molar-refractivity contribution in [2.24, 2.45) is 0 Å². The summed E-state index contributed by atoms with van der Waals surface area (Å²) in [5.74, 6) is 0.808. The Morgan fingerprint density at radius 2 is 2.12 bits per heavy atom. The van der Waals surface area contributed by atoms with Crippen molar-refractivity contribution in [1.82, 2.24) is 25.1 Å². The lowest BCUT2D eigenvalue weighted by Crippen LogP contribution is -2.56. The largest absolute Gasteiger partial charge is 0.447 e. The number of nitrogens with zero attached hydrogens (tertiary/aromatic N) is 4. The lowest BCUT2D eigenvalue weighted by molar-refractivity contribution is 0.127. The van der Waals surface area contributed by atoms with Crippen molar-refractivity contribution in [2.75, 3.05) is 32.8 Å². The Morgan fingerprint density at radius 3 is 3.00 bits per heavy atom. The minimum atomic E-state index is -0.269. The van der Waals surface area contributed by atoms with Gasteiger partial charge >= 0.3 is 12.1 Å². The second-order valence-corrected chi connectivity index (χ2v) is 7.21. The Balaban J connectivity index is 1.29. The van der Waals surface area contributed by atoms with Crippen LogP contribution in [0, 0.1) is 6.92 Å². The van der Waals surface area contributed by atoms with Gasteiger partial charge in [-0.15, -0.1) is 0 Å². The molecule has 4 rings (SSSR count). The first-order chi connectivity index (χ1) is 12.6. The van der Waals surface area contributed by atoms with Crippen molar-refractivity contribution < 1.29 is 14.3 Å². The summed E-state index contributed by atoms with van der Waals surface area (Å²) in [4.78, 5) is 36.7. The van der Waals surface area contributed by atoms with Gasteiger partial charge in [-0.2, -0.15) is 0 Å². The molecule has 0 saturated carbocycles. The molecule has 2 fully saturated rings. The molecule has 0 radical (unpaired) electrons. The van der Waals surface area contributed by atoms with Crippen LogP contribution in [0.2, 0.25) is 0 Å². The van der Waals surface area contributed by atoms with E-state index < -0.39 is 0 Å². The van der Waals surface area contributed by atoms with Crippen LogP contribution in [0.3, 0.4) is 0 Å². The Kier molecular flexibility index (Phi) is 4.65. The molecule has 1 aliphatic carbocycles. The van der Waals surface area contributed by atoms with E-state index >= 15 is 0 Å². The minimum Gasteiger partial charge on any atom is -0.447 e. The number of aryl methyl sites for hydroxylation is 2. The number of hydrogen-bond donors (Lipinski definition) is 1. The number of rotatable bonds is 3. The van der Waals surface area contributed by atoms with Crippen LogP contribution < -0.4 is 5.32 Å². The van der Waals surface area contributed by atoms with E-state index in [1.54, 1.807) is 9.80 Å². The van der Waals surface area contributed by atoms with Crippen molar-refractivity contribution >= 4 is 12.1 Å². The molecule has 26 heavy (non-hydrogen) atoms. The van der Waals surface area contributed by atoms with Crippen LogP contribution in [0.15, 0.2) is 0 Å². The first-order valence-corrected chi connectivity index (χ1v) is 9.43. The van der Waals surface area contributed by atoms with Crippen LogP contribution in [-0.4, -0.2) is 70.7 Å². The van der Waals surface area contributed by atoms with Crippen LogP contribution in [0.25, 0.3) is 0 Å². The molecular formula is C18H25N5O3. The highest BCUT2D eigenvalue weighted by molar-refractivity contribution is 5.75. The topological polar surface area (TPSA) is 87.7 Å². The zero-order chi connectivity index (χ0) is 18.1. The molecule has 140 valence electrons. The van der Waals surface area contributed by atoms with Gasteiger partial charge in [-0.05, 0) is 38.2 Å². The van der Waals surface area contributed by atoms with E-state index in [-0.39, 0.29) is 18.2 Å². The predicted octanol–water partition coefficient (Wildman–Crippen LogP) is 1.05. The SMILES string of the molecule is Cc1nc(CCNC(=O)N2CCN3C(=O)OC[C@@H]3C2)nc2c1CCCC2. The summed E-state index contributed by atoms with van der Waals surface area (Å²) in [6.07, 6.45) is 4.89. The van der Waals surface area contributed by atoms with Gasteiger partial charge in [0, 0.05) is 44.0 Å². The monoisotopic (exact) mass is 359 g/mol. The highest BCUT2D eigenvalue weighted by Crippen LogP contribution is 2.21. The van der Waals surface area contributed by atoms with E-state index in [0.29, 0.717) is 39.2 Å². The number of carbonyl (C=O) groups is 2. The molecule has 3 aliphatic rings. The summed E-state index contributed by atoms with van der Waals surface area (Å²) in [5, 5.41) is 2.95. The number of carbonyl (C=O) groups excluding carboxylic acids is 2. The van der Waals surface area contributed by atoms with Crippen LogP contribution >= 0.6 is 0 Å². The first-order valence-electron chi connectivity index (χ1n) is 9.43. The number of cyclic esters (lactones) is 1. The van der Waals surface area contributed by atoms with Gasteiger partial charge in [-0.3, -0.25) is 4.90 Å². The number of piperazine rings is 1. The van der Waals surface area contributed by atoms with E-state index in [1.807, 2.05) is 0 Å². The smallest absolute Gasteiger partial charge is 0.410 e. The molecular weight excluding hydrogens is 334 g/mol. The van der Waals surface area contributed by atoms with Crippen LogP contribution in [0.1, 0.15) is 35.6 Å². The highest BCUT2D eigenvalue weighted by atomic mass is 16.6. The number of urea groups is 1. The van der Waals surface area contributed by atoms with Gasteiger partial charge in [0.2, 0.25) is 0 Å². The van der Waals surface area contributed by atoms with Crippen molar-refractivity contribution in [3.05, 3.63) is 22.8 Å². The molecule has 1 N–H and O–H groups in total. The van der Waals surface area contributed by atoms with Crippen LogP contribution in [-0.2, 0) is 24.0 Å². The number of hydrogen-bond acceptors (Lipinski definition) is 5. The van der Waals surface area contributed by atoms with Crippen molar-refractivity contribution in [1.29, 1.82) is 0 Å². The zero-order valence-corrected chi connectivity index (χ0v) is 15.2. The third-order valence-electron chi connectivity index (χ3n) is 5.46. The third-order valence-corrected chi connectivity index (χ3v) is 5.46. The fourth-order valence-electron chi connectivity index (χ4n) is 4.02. The lowest BCUT2D eigenvalue weighted by Gasteiger charge is -2.35. The molecule has 0 unspecified atom stereocenters. The van der Waals surface area contributed by atoms with Gasteiger partial charge in [0.25, 0.3) is 0 Å². The van der Waals surface area contributed by atoms with Gasteiger partial charge < -0.3 is 15.0 Å². The number of aromatic nitrogens is 2. The Labute approximate surface area is 152 Å². The maximum atomic E-state index is 12.4. The Bertz CT molecular complexity index is 723. The zero-order valence-electron chi connectivity index (χ0n) is 15.2. The molecule has 2 aliphatic heterocycles. The average molecular weight is 359 g/mol. The summed E-state index contributed by atoms with van der Waals surface area (Å²) in [7, 11) is 0. The average Bonchev–Trinajstić information content (AvgIpc) is 3.02. The number of nitrogens with one attached hydrogen (secondary N) is 1. The summed E-state index contributed by atoms with van der Waals surface area (Å²) >= 11 is 0. The van der Waals surface area contributed by atoms with Gasteiger partial charge in [-0.1, -0.05) is 0 Å². The highest BCUT2D eigenvalue weighted by Gasteiger charge is 2.38. The second-order valence-electron chi connectivity index (χ2n) is 7.21. The molecule has 3 heterocycles. The summed E-state index contributed by atoms with van der Waals surface area (Å²) in [5.41, 5.74) is 3.58. The number of fused-ring (bicyclic) bond motifs is 2. The fraction of sp³-hybridized carbons (Fsp3) is 0.667. The molecule has 2 saturated heterocycles. The van der Waals surface area contributed by atoms with Crippen molar-refractivity contribution in [3.63, 3.8) is 0 Å². The van der Waals surface area contributed by atoms with Gasteiger partial charge in [0.15, 0.2) is 0 Å². The normalized spacial score (nSPS) is 21.9. The minimum absolute atomic E-state index is 0.0198. The second kappa shape index (κ2) is 7.09. The number of amides is 3. The lowest BCUT2D eigenvalue weighted by atomic mass is 9.95. The van der Waals surface area contributed by atoms with Gasteiger partial charge in [-0.25, -0.2) is 19.6 Å². The quantitative estimate of drug-likeness (QED) is 0.872. The summed E-state index contributed by atoms with van der Waals surface area (Å²) in [6.45, 7) is 4.52. The molecule has 0 spiro atoms. The predicted molar refractivity (Wildman–Crippen MR) is 93.9 cm³/mol. The molecule has 1 aromatic rings. The molecule has 3 amide bonds. The first kappa shape index (κ1) is 17.1. The number of ether oxygens (including phenoxy) is 1. The molecule has 8 heteroatoms. The van der Waals surface area contributed by atoms with E-state index in [1.165, 1.54) is 24.1 Å². The maximum absolute atomic E-state index is 12.4. The van der Waals surface area contributed by atoms with Crippen molar-refractivity contribution in [2.45, 2.75) is 45.1 Å². The van der Waals surface area contributed by atoms with Crippen molar-refractivity contribution in [3.8, 4) is 0 Å². The van der Waals surface area contributed by atoms with Gasteiger partial charge in [0.1, 0.15) is 12.4 Å². The molecule has 1 atom stereocenters. The van der Waals surface area contributed by atoms with E-state index in [0.717, 1.165) is 24.4 Å². The van der Waals surface area contributed by atoms with Gasteiger partial charge in [0.05, 0.1) is 6.04 Å². The Morgan fingerprint density at radius 1 is 1.27 bits per heavy atom. The van der Waals surface area contributed by atoms with E-state index in [9.17, 15) is 9.59 Å². The van der Waals surface area contributed by atoms with E-state index in [2.05, 4.69) is 17.2 Å².